The van der Waals surface area contributed by atoms with Gasteiger partial charge in [0.15, 0.2) is 0 Å². The van der Waals surface area contributed by atoms with Crippen LogP contribution in [0.5, 0.6) is 0 Å². The summed E-state index contributed by atoms with van der Waals surface area (Å²) in [6.07, 6.45) is 10.1. The number of rotatable bonds is 4. The van der Waals surface area contributed by atoms with E-state index in [0.29, 0.717) is 6.04 Å². The van der Waals surface area contributed by atoms with Crippen molar-refractivity contribution < 1.29 is 0 Å². The molecule has 3 rings (SSSR count). The molecule has 0 amide bonds. The molecule has 0 radical (unpaired) electrons. The molecular formula is C16H27N5. The third-order valence-corrected chi connectivity index (χ3v) is 4.92. The lowest BCUT2D eigenvalue weighted by Gasteiger charge is -2.44. The van der Waals surface area contributed by atoms with Gasteiger partial charge in [-0.3, -0.25) is 0 Å². The van der Waals surface area contributed by atoms with Crippen LogP contribution in [-0.4, -0.2) is 22.6 Å². The Balaban J connectivity index is 1.88. The Morgan fingerprint density at radius 1 is 1.24 bits per heavy atom. The summed E-state index contributed by atoms with van der Waals surface area (Å²) in [5.41, 5.74) is 2.70. The first-order valence-corrected chi connectivity index (χ1v) is 8.43. The van der Waals surface area contributed by atoms with Crippen molar-refractivity contribution in [2.24, 2.45) is 11.8 Å². The standard InChI is InChI=1S/C16H27N5/c1-2-6-14-18-15(20-17)11-16(19-14)21-10-5-8-12-7-3-4-9-13(12)21/h11-13H,2-10,17H2,1H3,(H,18,19,20). The third kappa shape index (κ3) is 3.12. The maximum Gasteiger partial charge on any atom is 0.145 e. The number of aryl methyl sites for hydroxylation is 1. The van der Waals surface area contributed by atoms with Gasteiger partial charge in [-0.1, -0.05) is 19.8 Å². The minimum atomic E-state index is 0.669. The van der Waals surface area contributed by atoms with Crippen LogP contribution in [0.3, 0.4) is 0 Å². The second kappa shape index (κ2) is 6.60. The van der Waals surface area contributed by atoms with Crippen LogP contribution in [0, 0.1) is 5.92 Å². The Hall–Kier alpha value is -1.36. The van der Waals surface area contributed by atoms with E-state index in [1.807, 2.05) is 6.07 Å². The molecule has 116 valence electrons. The molecule has 0 aromatic carbocycles. The quantitative estimate of drug-likeness (QED) is 0.659. The van der Waals surface area contributed by atoms with Gasteiger partial charge < -0.3 is 10.3 Å². The fraction of sp³-hybridized carbons (Fsp3) is 0.750. The number of piperidine rings is 1. The van der Waals surface area contributed by atoms with Crippen molar-refractivity contribution in [3.8, 4) is 0 Å². The molecular weight excluding hydrogens is 262 g/mol. The maximum atomic E-state index is 5.59. The van der Waals surface area contributed by atoms with E-state index in [1.54, 1.807) is 0 Å². The molecule has 1 aliphatic heterocycles. The second-order valence-corrected chi connectivity index (χ2v) is 6.37. The average Bonchev–Trinajstić information content (AvgIpc) is 2.54. The van der Waals surface area contributed by atoms with E-state index in [2.05, 4.69) is 22.2 Å². The van der Waals surface area contributed by atoms with Crippen LogP contribution in [0.1, 0.15) is 57.7 Å². The molecule has 1 aromatic heterocycles. The van der Waals surface area contributed by atoms with Crippen LogP contribution in [0.2, 0.25) is 0 Å². The van der Waals surface area contributed by atoms with E-state index in [1.165, 1.54) is 38.5 Å². The van der Waals surface area contributed by atoms with Crippen LogP contribution in [0.4, 0.5) is 11.6 Å². The largest absolute Gasteiger partial charge is 0.353 e. The summed E-state index contributed by atoms with van der Waals surface area (Å²) >= 11 is 0. The van der Waals surface area contributed by atoms with Crippen LogP contribution in [-0.2, 0) is 6.42 Å². The fourth-order valence-electron chi connectivity index (χ4n) is 3.95. The number of aromatic nitrogens is 2. The average molecular weight is 289 g/mol. The van der Waals surface area contributed by atoms with Crippen LogP contribution >= 0.6 is 0 Å². The van der Waals surface area contributed by atoms with Crippen molar-refractivity contribution >= 4 is 11.6 Å². The van der Waals surface area contributed by atoms with Gasteiger partial charge in [-0.25, -0.2) is 15.8 Å². The van der Waals surface area contributed by atoms with E-state index in [0.717, 1.165) is 42.8 Å². The highest BCUT2D eigenvalue weighted by molar-refractivity contribution is 5.50. The molecule has 1 aliphatic carbocycles. The molecule has 2 heterocycles. The van der Waals surface area contributed by atoms with E-state index < -0.39 is 0 Å². The van der Waals surface area contributed by atoms with Crippen LogP contribution in [0.15, 0.2) is 6.07 Å². The summed E-state index contributed by atoms with van der Waals surface area (Å²) in [6.45, 7) is 3.28. The highest BCUT2D eigenvalue weighted by atomic mass is 15.3. The van der Waals surface area contributed by atoms with Gasteiger partial charge in [0.05, 0.1) is 0 Å². The lowest BCUT2D eigenvalue weighted by atomic mass is 9.78. The van der Waals surface area contributed by atoms with Crippen molar-refractivity contribution in [2.75, 3.05) is 16.9 Å². The van der Waals surface area contributed by atoms with Gasteiger partial charge >= 0.3 is 0 Å². The van der Waals surface area contributed by atoms with Gasteiger partial charge in [0.2, 0.25) is 0 Å². The zero-order valence-electron chi connectivity index (χ0n) is 13.0. The zero-order valence-corrected chi connectivity index (χ0v) is 13.0. The molecule has 0 bridgehead atoms. The molecule has 2 unspecified atom stereocenters. The normalized spacial score (nSPS) is 25.5. The third-order valence-electron chi connectivity index (χ3n) is 4.92. The lowest BCUT2D eigenvalue weighted by Crippen LogP contribution is -2.47. The molecule has 0 spiro atoms. The molecule has 5 nitrogen and oxygen atoms in total. The summed E-state index contributed by atoms with van der Waals surface area (Å²) in [5, 5.41) is 0. The second-order valence-electron chi connectivity index (χ2n) is 6.37. The SMILES string of the molecule is CCCc1nc(NN)cc(N2CCCC3CCCCC32)n1. The molecule has 1 saturated heterocycles. The van der Waals surface area contributed by atoms with E-state index in [4.69, 9.17) is 10.8 Å². The van der Waals surface area contributed by atoms with E-state index in [-0.39, 0.29) is 0 Å². The monoisotopic (exact) mass is 289 g/mol. The molecule has 2 atom stereocenters. The van der Waals surface area contributed by atoms with Gasteiger partial charge in [-0.15, -0.1) is 0 Å². The molecule has 1 aromatic rings. The predicted octanol–water partition coefficient (Wildman–Crippen LogP) is 2.87. The number of nitrogens with two attached hydrogens (primary N) is 1. The lowest BCUT2D eigenvalue weighted by molar-refractivity contribution is 0.242. The Morgan fingerprint density at radius 2 is 2.05 bits per heavy atom. The number of nitrogens with one attached hydrogen (secondary N) is 1. The molecule has 21 heavy (non-hydrogen) atoms. The number of hydrogen-bond donors (Lipinski definition) is 2. The number of nitrogens with zero attached hydrogens (tertiary/aromatic N) is 3. The summed E-state index contributed by atoms with van der Waals surface area (Å²) < 4.78 is 0. The smallest absolute Gasteiger partial charge is 0.145 e. The van der Waals surface area contributed by atoms with Crippen molar-refractivity contribution in [3.05, 3.63) is 11.9 Å². The zero-order chi connectivity index (χ0) is 14.7. The number of hydrazine groups is 1. The first kappa shape index (κ1) is 14.6. The molecule has 3 N–H and O–H groups in total. The number of hydrogen-bond acceptors (Lipinski definition) is 5. The minimum absolute atomic E-state index is 0.669. The summed E-state index contributed by atoms with van der Waals surface area (Å²) in [4.78, 5) is 11.8. The molecule has 5 heteroatoms. The number of fused-ring (bicyclic) bond motifs is 1. The maximum absolute atomic E-state index is 5.59. The van der Waals surface area contributed by atoms with Crippen molar-refractivity contribution in [3.63, 3.8) is 0 Å². The van der Waals surface area contributed by atoms with Gasteiger partial charge in [0, 0.05) is 25.1 Å². The van der Waals surface area contributed by atoms with Crippen molar-refractivity contribution in [2.45, 2.75) is 64.3 Å². The Labute approximate surface area is 127 Å². The van der Waals surface area contributed by atoms with Crippen molar-refractivity contribution in [1.82, 2.24) is 9.97 Å². The summed E-state index contributed by atoms with van der Waals surface area (Å²) in [5.74, 6) is 9.15. The van der Waals surface area contributed by atoms with Gasteiger partial charge in [-0.2, -0.15) is 0 Å². The summed E-state index contributed by atoms with van der Waals surface area (Å²) in [6, 6.07) is 2.68. The van der Waals surface area contributed by atoms with Crippen molar-refractivity contribution in [1.29, 1.82) is 0 Å². The van der Waals surface area contributed by atoms with E-state index in [9.17, 15) is 0 Å². The Kier molecular flexibility index (Phi) is 4.58. The van der Waals surface area contributed by atoms with E-state index >= 15 is 0 Å². The first-order chi connectivity index (χ1) is 10.3. The molecule has 2 aliphatic rings. The molecule has 1 saturated carbocycles. The Morgan fingerprint density at radius 3 is 2.86 bits per heavy atom. The van der Waals surface area contributed by atoms with Gasteiger partial charge in [-0.05, 0) is 38.0 Å². The number of nitrogen functional groups attached to an aromatic ring is 1. The van der Waals surface area contributed by atoms with Crippen LogP contribution < -0.4 is 16.2 Å². The Bertz CT molecular complexity index is 474. The highest BCUT2D eigenvalue weighted by Crippen LogP contribution is 2.37. The summed E-state index contributed by atoms with van der Waals surface area (Å²) in [7, 11) is 0. The first-order valence-electron chi connectivity index (χ1n) is 8.43. The molecule has 2 fully saturated rings. The fourth-order valence-corrected chi connectivity index (χ4v) is 3.95. The topological polar surface area (TPSA) is 67.1 Å². The highest BCUT2D eigenvalue weighted by Gasteiger charge is 2.34. The number of anilines is 2. The minimum Gasteiger partial charge on any atom is -0.353 e. The predicted molar refractivity (Wildman–Crippen MR) is 86.2 cm³/mol. The van der Waals surface area contributed by atoms with Crippen LogP contribution in [0.25, 0.3) is 0 Å². The van der Waals surface area contributed by atoms with Gasteiger partial charge in [0.25, 0.3) is 0 Å². The van der Waals surface area contributed by atoms with Gasteiger partial charge in [0.1, 0.15) is 17.5 Å².